The summed E-state index contributed by atoms with van der Waals surface area (Å²) in [5, 5.41) is 9.32. The predicted molar refractivity (Wildman–Crippen MR) is 69.6 cm³/mol. The summed E-state index contributed by atoms with van der Waals surface area (Å²) in [4.78, 5) is 13.4. The molecule has 2 rings (SSSR count). The number of piperidine rings is 1. The smallest absolute Gasteiger partial charge is 0.320 e. The van der Waals surface area contributed by atoms with Crippen LogP contribution in [0.2, 0.25) is 0 Å². The molecule has 0 aromatic carbocycles. The van der Waals surface area contributed by atoms with Gasteiger partial charge in [0, 0.05) is 6.54 Å². The van der Waals surface area contributed by atoms with Crippen molar-refractivity contribution in [3.63, 3.8) is 0 Å². The fourth-order valence-electron chi connectivity index (χ4n) is 3.13. The first-order chi connectivity index (χ1) is 8.37. The number of likely N-dealkylation sites (tertiary alicyclic amines) is 1. The number of nitrogens with zero attached hydrogens (tertiary/aromatic N) is 1. The lowest BCUT2D eigenvalue weighted by Crippen LogP contribution is -2.49. The van der Waals surface area contributed by atoms with Gasteiger partial charge in [0.2, 0.25) is 0 Å². The minimum atomic E-state index is -0.682. The Labute approximate surface area is 109 Å². The summed E-state index contributed by atoms with van der Waals surface area (Å²) in [6.45, 7) is 8.02. The molecule has 0 radical (unpaired) electrons. The number of rotatable bonds is 3. The molecule has 4 nitrogen and oxygen atoms in total. The summed E-state index contributed by atoms with van der Waals surface area (Å²) in [6.07, 6.45) is 4.19. The fraction of sp³-hybridized carbons (Fsp3) is 0.929. The normalized spacial score (nSPS) is 36.7. The van der Waals surface area contributed by atoms with Gasteiger partial charge in [0.05, 0.1) is 11.7 Å². The van der Waals surface area contributed by atoms with Crippen LogP contribution in [0.25, 0.3) is 0 Å². The molecule has 2 fully saturated rings. The molecule has 0 aromatic heterocycles. The first kappa shape index (κ1) is 13.8. The molecule has 3 atom stereocenters. The van der Waals surface area contributed by atoms with Gasteiger partial charge >= 0.3 is 5.97 Å². The van der Waals surface area contributed by atoms with Crippen molar-refractivity contribution in [2.24, 2.45) is 5.92 Å². The van der Waals surface area contributed by atoms with Crippen LogP contribution in [-0.4, -0.2) is 46.8 Å². The third kappa shape index (κ3) is 3.23. The van der Waals surface area contributed by atoms with Crippen LogP contribution in [0.1, 0.15) is 46.5 Å². The topological polar surface area (TPSA) is 49.8 Å². The fourth-order valence-corrected chi connectivity index (χ4v) is 3.13. The Balaban J connectivity index is 1.93. The van der Waals surface area contributed by atoms with Crippen molar-refractivity contribution in [1.82, 2.24) is 4.90 Å². The van der Waals surface area contributed by atoms with Crippen LogP contribution < -0.4 is 0 Å². The molecule has 0 bridgehead atoms. The molecular formula is C14H25NO3. The molecule has 0 spiro atoms. The molecule has 0 saturated carbocycles. The molecule has 0 aromatic rings. The minimum absolute atomic E-state index is 0.0353. The highest BCUT2D eigenvalue weighted by atomic mass is 16.5. The summed E-state index contributed by atoms with van der Waals surface area (Å²) in [5.74, 6) is -0.165. The zero-order chi connectivity index (χ0) is 13.3. The van der Waals surface area contributed by atoms with Crippen LogP contribution in [0.5, 0.6) is 0 Å². The second-order valence-electron chi connectivity index (χ2n) is 6.52. The summed E-state index contributed by atoms with van der Waals surface area (Å²) in [7, 11) is 0. The Morgan fingerprint density at radius 1 is 1.44 bits per heavy atom. The van der Waals surface area contributed by atoms with Gasteiger partial charge in [-0.3, -0.25) is 9.69 Å². The van der Waals surface area contributed by atoms with E-state index in [2.05, 4.69) is 25.7 Å². The Kier molecular flexibility index (Phi) is 3.97. The lowest BCUT2D eigenvalue weighted by molar-refractivity contribution is -0.146. The van der Waals surface area contributed by atoms with E-state index in [1.807, 2.05) is 0 Å². The number of carboxylic acids is 1. The lowest BCUT2D eigenvalue weighted by Gasteiger charge is -2.37. The van der Waals surface area contributed by atoms with E-state index in [4.69, 9.17) is 4.74 Å². The monoisotopic (exact) mass is 255 g/mol. The number of carbonyl (C=O) groups is 1. The van der Waals surface area contributed by atoms with Crippen molar-refractivity contribution in [1.29, 1.82) is 0 Å². The summed E-state index contributed by atoms with van der Waals surface area (Å²) >= 11 is 0. The second-order valence-corrected chi connectivity index (χ2v) is 6.52. The van der Waals surface area contributed by atoms with E-state index in [1.54, 1.807) is 0 Å². The highest BCUT2D eigenvalue weighted by Crippen LogP contribution is 2.31. The first-order valence-corrected chi connectivity index (χ1v) is 7.02. The van der Waals surface area contributed by atoms with E-state index >= 15 is 0 Å². The van der Waals surface area contributed by atoms with Crippen molar-refractivity contribution in [2.75, 3.05) is 13.1 Å². The van der Waals surface area contributed by atoms with Gasteiger partial charge < -0.3 is 9.84 Å². The van der Waals surface area contributed by atoms with Crippen molar-refractivity contribution >= 4 is 5.97 Å². The van der Waals surface area contributed by atoms with Crippen molar-refractivity contribution < 1.29 is 14.6 Å². The zero-order valence-corrected chi connectivity index (χ0v) is 11.7. The highest BCUT2D eigenvalue weighted by Gasteiger charge is 2.37. The molecule has 2 saturated heterocycles. The summed E-state index contributed by atoms with van der Waals surface area (Å²) < 4.78 is 5.97. The van der Waals surface area contributed by atoms with Gasteiger partial charge in [-0.2, -0.15) is 0 Å². The van der Waals surface area contributed by atoms with E-state index in [-0.39, 0.29) is 17.7 Å². The highest BCUT2D eigenvalue weighted by molar-refractivity contribution is 5.73. The van der Waals surface area contributed by atoms with Crippen LogP contribution >= 0.6 is 0 Å². The van der Waals surface area contributed by atoms with Gasteiger partial charge in [-0.05, 0) is 52.0 Å². The van der Waals surface area contributed by atoms with Crippen LogP contribution in [0.15, 0.2) is 0 Å². The molecular weight excluding hydrogens is 230 g/mol. The van der Waals surface area contributed by atoms with Crippen molar-refractivity contribution in [3.05, 3.63) is 0 Å². The Morgan fingerprint density at radius 3 is 2.72 bits per heavy atom. The molecule has 0 amide bonds. The number of ether oxygens (including phenoxy) is 1. The molecule has 2 aliphatic heterocycles. The largest absolute Gasteiger partial charge is 0.480 e. The Hall–Kier alpha value is -0.610. The number of hydrogen-bond donors (Lipinski definition) is 1. The maximum Gasteiger partial charge on any atom is 0.320 e. The quantitative estimate of drug-likeness (QED) is 0.839. The predicted octanol–water partition coefficient (Wildman–Crippen LogP) is 2.13. The molecule has 3 unspecified atom stereocenters. The first-order valence-electron chi connectivity index (χ1n) is 7.02. The molecule has 104 valence electrons. The van der Waals surface area contributed by atoms with Crippen LogP contribution in [-0.2, 0) is 9.53 Å². The van der Waals surface area contributed by atoms with Crippen LogP contribution in [0.3, 0.4) is 0 Å². The van der Waals surface area contributed by atoms with Crippen molar-refractivity contribution in [3.8, 4) is 0 Å². The Bertz CT molecular complexity index is 316. The number of carboxylic acid groups (broad SMARTS) is 1. The van der Waals surface area contributed by atoms with Gasteiger partial charge in [0.1, 0.15) is 6.04 Å². The molecule has 0 aliphatic carbocycles. The third-order valence-electron chi connectivity index (χ3n) is 4.25. The van der Waals surface area contributed by atoms with Crippen LogP contribution in [0, 0.1) is 5.92 Å². The summed E-state index contributed by atoms with van der Waals surface area (Å²) in [5.41, 5.74) is -0.0353. The third-order valence-corrected chi connectivity index (χ3v) is 4.25. The molecule has 2 aliphatic rings. The van der Waals surface area contributed by atoms with Gasteiger partial charge in [0.25, 0.3) is 0 Å². The summed E-state index contributed by atoms with van der Waals surface area (Å²) in [6, 6.07) is -0.318. The zero-order valence-electron chi connectivity index (χ0n) is 11.7. The minimum Gasteiger partial charge on any atom is -0.480 e. The Morgan fingerprint density at radius 2 is 2.17 bits per heavy atom. The lowest BCUT2D eigenvalue weighted by atomic mass is 9.92. The van der Waals surface area contributed by atoms with E-state index in [0.29, 0.717) is 5.92 Å². The SMILES string of the molecule is CC1CCN(CC2CCC(C)(C)O2)C(C(=O)O)C1. The van der Waals surface area contributed by atoms with Crippen molar-refractivity contribution in [2.45, 2.75) is 64.2 Å². The van der Waals surface area contributed by atoms with Gasteiger partial charge in [-0.15, -0.1) is 0 Å². The standard InChI is InChI=1S/C14H25NO3/c1-10-5-7-15(12(8-10)13(16)17)9-11-4-6-14(2,3)18-11/h10-12H,4-9H2,1-3H3,(H,16,17). The second kappa shape index (κ2) is 5.17. The van der Waals surface area contributed by atoms with Gasteiger partial charge in [0.15, 0.2) is 0 Å². The maximum absolute atomic E-state index is 11.3. The molecule has 4 heteroatoms. The van der Waals surface area contributed by atoms with E-state index < -0.39 is 5.97 Å². The maximum atomic E-state index is 11.3. The molecule has 2 heterocycles. The number of aliphatic carboxylic acids is 1. The average molecular weight is 255 g/mol. The molecule has 1 N–H and O–H groups in total. The van der Waals surface area contributed by atoms with Gasteiger partial charge in [-0.1, -0.05) is 6.92 Å². The average Bonchev–Trinajstić information content (AvgIpc) is 2.60. The molecule has 18 heavy (non-hydrogen) atoms. The van der Waals surface area contributed by atoms with E-state index in [0.717, 1.165) is 38.8 Å². The number of hydrogen-bond acceptors (Lipinski definition) is 3. The van der Waals surface area contributed by atoms with E-state index in [9.17, 15) is 9.90 Å². The van der Waals surface area contributed by atoms with E-state index in [1.165, 1.54) is 0 Å². The van der Waals surface area contributed by atoms with Crippen LogP contribution in [0.4, 0.5) is 0 Å². The van der Waals surface area contributed by atoms with Gasteiger partial charge in [-0.25, -0.2) is 0 Å².